The molecule has 8 heteroatoms. The van der Waals surface area contributed by atoms with Crippen molar-refractivity contribution in [2.45, 2.75) is 46.6 Å². The number of pyridine rings is 1. The Morgan fingerprint density at radius 1 is 1.20 bits per heavy atom. The number of rotatable bonds is 6. The lowest BCUT2D eigenvalue weighted by Gasteiger charge is -2.35. The zero-order valence-electron chi connectivity index (χ0n) is 20.4. The fraction of sp³-hybridized carbons (Fsp3) is 0.407. The molecule has 2 saturated heterocycles. The molecule has 182 valence electrons. The number of piperidine rings is 1. The molecule has 2 aromatic rings. The molecule has 1 amide bonds. The van der Waals surface area contributed by atoms with Crippen molar-refractivity contribution in [2.24, 2.45) is 5.92 Å². The molecule has 0 spiro atoms. The summed E-state index contributed by atoms with van der Waals surface area (Å²) in [6, 6.07) is 12.1. The maximum Gasteiger partial charge on any atom is 0.270 e. The smallest absolute Gasteiger partial charge is 0.270 e. The van der Waals surface area contributed by atoms with E-state index in [2.05, 4.69) is 17.9 Å². The molecule has 2 aliphatic rings. The molecule has 3 heterocycles. The zero-order chi connectivity index (χ0) is 25.1. The maximum absolute atomic E-state index is 13.4. The second-order valence-electron chi connectivity index (χ2n) is 9.14. The van der Waals surface area contributed by atoms with E-state index in [4.69, 9.17) is 12.2 Å². The van der Waals surface area contributed by atoms with Gasteiger partial charge in [-0.05, 0) is 56.2 Å². The van der Waals surface area contributed by atoms with Crippen molar-refractivity contribution in [3.63, 3.8) is 0 Å². The van der Waals surface area contributed by atoms with Crippen LogP contribution in [0.2, 0.25) is 0 Å². The molecule has 35 heavy (non-hydrogen) atoms. The van der Waals surface area contributed by atoms with E-state index in [0.29, 0.717) is 33.8 Å². The number of nitrogens with zero attached hydrogens (tertiary/aromatic N) is 4. The summed E-state index contributed by atoms with van der Waals surface area (Å²) in [7, 11) is 0. The predicted octanol–water partition coefficient (Wildman–Crippen LogP) is 4.73. The summed E-state index contributed by atoms with van der Waals surface area (Å²) in [5.41, 5.74) is 2.39. The SMILES string of the molecule is CCn1c(N2CCC(C)CC2)c(C=C2SC(=S)N(CCc3ccccc3)C2=O)c(C)c(C#N)c1=O. The van der Waals surface area contributed by atoms with Crippen LogP contribution < -0.4 is 10.5 Å². The van der Waals surface area contributed by atoms with E-state index in [1.54, 1.807) is 16.4 Å². The fourth-order valence-corrected chi connectivity index (χ4v) is 6.00. The van der Waals surface area contributed by atoms with Gasteiger partial charge in [0.25, 0.3) is 11.5 Å². The van der Waals surface area contributed by atoms with Gasteiger partial charge < -0.3 is 4.90 Å². The Hall–Kier alpha value is -2.89. The predicted molar refractivity (Wildman–Crippen MR) is 146 cm³/mol. The number of thioether (sulfide) groups is 1. The Morgan fingerprint density at radius 2 is 1.89 bits per heavy atom. The molecular formula is C27H30N4O2S2. The molecule has 1 aromatic carbocycles. The van der Waals surface area contributed by atoms with Crippen LogP contribution in [0.4, 0.5) is 5.82 Å². The average molecular weight is 507 g/mol. The van der Waals surface area contributed by atoms with Gasteiger partial charge in [-0.1, -0.05) is 61.2 Å². The summed E-state index contributed by atoms with van der Waals surface area (Å²) >= 11 is 6.84. The fourth-order valence-electron chi connectivity index (χ4n) is 4.71. The lowest BCUT2D eigenvalue weighted by Crippen LogP contribution is -2.39. The Kier molecular flexibility index (Phi) is 7.78. The van der Waals surface area contributed by atoms with Gasteiger partial charge in [-0.25, -0.2) is 0 Å². The van der Waals surface area contributed by atoms with Gasteiger partial charge in [0, 0.05) is 31.7 Å². The monoisotopic (exact) mass is 506 g/mol. The van der Waals surface area contributed by atoms with E-state index in [9.17, 15) is 14.9 Å². The van der Waals surface area contributed by atoms with Crippen molar-refractivity contribution in [1.82, 2.24) is 9.47 Å². The second-order valence-corrected chi connectivity index (χ2v) is 10.8. The van der Waals surface area contributed by atoms with Gasteiger partial charge in [0.1, 0.15) is 21.8 Å². The molecule has 1 aromatic heterocycles. The first kappa shape index (κ1) is 25.2. The Labute approximate surface area is 216 Å². The number of hydrogen-bond acceptors (Lipinski definition) is 6. The van der Waals surface area contributed by atoms with Gasteiger partial charge in [-0.15, -0.1) is 0 Å². The minimum Gasteiger partial charge on any atom is -0.357 e. The first-order chi connectivity index (χ1) is 16.8. The van der Waals surface area contributed by atoms with E-state index in [-0.39, 0.29) is 17.0 Å². The molecule has 0 saturated carbocycles. The number of thiocarbonyl (C=S) groups is 1. The number of amides is 1. The van der Waals surface area contributed by atoms with Crippen LogP contribution in [-0.4, -0.2) is 39.3 Å². The van der Waals surface area contributed by atoms with Crippen LogP contribution in [0.25, 0.3) is 6.08 Å². The normalized spacial score (nSPS) is 17.9. The van der Waals surface area contributed by atoms with Crippen LogP contribution in [0.1, 0.15) is 48.9 Å². The highest BCUT2D eigenvalue weighted by Crippen LogP contribution is 2.36. The van der Waals surface area contributed by atoms with E-state index < -0.39 is 0 Å². The minimum atomic E-state index is -0.270. The van der Waals surface area contributed by atoms with Gasteiger partial charge in [-0.3, -0.25) is 19.1 Å². The van der Waals surface area contributed by atoms with Crippen molar-refractivity contribution in [3.05, 3.63) is 67.8 Å². The van der Waals surface area contributed by atoms with E-state index in [1.807, 2.05) is 43.3 Å². The molecule has 0 atom stereocenters. The molecule has 6 nitrogen and oxygen atoms in total. The summed E-state index contributed by atoms with van der Waals surface area (Å²) in [5, 5.41) is 9.76. The van der Waals surface area contributed by atoms with Crippen LogP contribution in [0, 0.1) is 24.2 Å². The molecule has 0 aliphatic carbocycles. The quantitative estimate of drug-likeness (QED) is 0.417. The largest absolute Gasteiger partial charge is 0.357 e. The second kappa shape index (κ2) is 10.8. The first-order valence-corrected chi connectivity index (χ1v) is 13.3. The third-order valence-corrected chi connectivity index (χ3v) is 8.24. The van der Waals surface area contributed by atoms with Crippen molar-refractivity contribution >= 4 is 46.1 Å². The number of anilines is 1. The van der Waals surface area contributed by atoms with Crippen molar-refractivity contribution in [2.75, 3.05) is 24.5 Å². The third kappa shape index (κ3) is 5.07. The highest BCUT2D eigenvalue weighted by Gasteiger charge is 2.33. The van der Waals surface area contributed by atoms with Crippen LogP contribution in [0.5, 0.6) is 0 Å². The number of hydrogen-bond donors (Lipinski definition) is 0. The summed E-state index contributed by atoms with van der Waals surface area (Å²) in [4.78, 5) is 30.9. The molecule has 0 radical (unpaired) electrons. The van der Waals surface area contributed by atoms with Crippen LogP contribution >= 0.6 is 24.0 Å². The minimum absolute atomic E-state index is 0.124. The maximum atomic E-state index is 13.4. The topological polar surface area (TPSA) is 69.3 Å². The first-order valence-electron chi connectivity index (χ1n) is 12.1. The summed E-state index contributed by atoms with van der Waals surface area (Å²) in [5.74, 6) is 1.31. The molecular weight excluding hydrogens is 476 g/mol. The van der Waals surface area contributed by atoms with Gasteiger partial charge >= 0.3 is 0 Å². The average Bonchev–Trinajstić information content (AvgIpc) is 3.12. The van der Waals surface area contributed by atoms with Crippen molar-refractivity contribution in [3.8, 4) is 6.07 Å². The number of aromatic nitrogens is 1. The van der Waals surface area contributed by atoms with Gasteiger partial charge in [-0.2, -0.15) is 5.26 Å². The van der Waals surface area contributed by atoms with E-state index in [0.717, 1.165) is 49.3 Å². The molecule has 2 fully saturated rings. The number of benzene rings is 1. The number of nitriles is 1. The van der Waals surface area contributed by atoms with Crippen molar-refractivity contribution in [1.29, 1.82) is 5.26 Å². The Bertz CT molecular complexity index is 1270. The Balaban J connectivity index is 1.74. The van der Waals surface area contributed by atoms with Crippen LogP contribution in [0.15, 0.2) is 40.0 Å². The van der Waals surface area contributed by atoms with Crippen LogP contribution in [0.3, 0.4) is 0 Å². The summed E-state index contributed by atoms with van der Waals surface area (Å²) in [6.45, 7) is 8.61. The van der Waals surface area contributed by atoms with E-state index >= 15 is 0 Å². The third-order valence-electron chi connectivity index (χ3n) is 6.86. The molecule has 0 N–H and O–H groups in total. The number of carbonyl (C=O) groups excluding carboxylic acids is 1. The van der Waals surface area contributed by atoms with Crippen LogP contribution in [-0.2, 0) is 17.8 Å². The summed E-state index contributed by atoms with van der Waals surface area (Å²) in [6.07, 6.45) is 4.64. The van der Waals surface area contributed by atoms with Crippen molar-refractivity contribution < 1.29 is 4.79 Å². The lowest BCUT2D eigenvalue weighted by molar-refractivity contribution is -0.122. The van der Waals surface area contributed by atoms with Gasteiger partial charge in [0.2, 0.25) is 0 Å². The molecule has 2 aliphatic heterocycles. The van der Waals surface area contributed by atoms with E-state index in [1.165, 1.54) is 11.8 Å². The number of carbonyl (C=O) groups is 1. The molecule has 0 bridgehead atoms. The summed E-state index contributed by atoms with van der Waals surface area (Å²) < 4.78 is 2.22. The highest BCUT2D eigenvalue weighted by molar-refractivity contribution is 8.26. The Morgan fingerprint density at radius 3 is 2.51 bits per heavy atom. The molecule has 0 unspecified atom stereocenters. The standard InChI is InChI=1S/C27H30N4O2S2/c1-4-30-24(29-13-10-18(2)11-14-29)21(19(3)22(17-28)25(30)32)16-23-26(33)31(27(34)35-23)15-12-20-8-6-5-7-9-20/h5-9,16,18H,4,10-15H2,1-3H3. The van der Waals surface area contributed by atoms with Gasteiger partial charge in [0.15, 0.2) is 0 Å². The molecule has 4 rings (SSSR count). The zero-order valence-corrected chi connectivity index (χ0v) is 22.0. The van der Waals surface area contributed by atoms with Gasteiger partial charge in [0.05, 0.1) is 4.91 Å². The lowest BCUT2D eigenvalue weighted by atomic mass is 9.97. The highest BCUT2D eigenvalue weighted by atomic mass is 32.2.